The van der Waals surface area contributed by atoms with Gasteiger partial charge in [-0.1, -0.05) is 23.8 Å². The van der Waals surface area contributed by atoms with E-state index in [0.29, 0.717) is 30.8 Å². The third-order valence-corrected chi connectivity index (χ3v) is 4.98. The van der Waals surface area contributed by atoms with Gasteiger partial charge in [-0.05, 0) is 50.7 Å². The molecule has 1 aromatic carbocycles. The maximum Gasteiger partial charge on any atom is 0.340 e. The van der Waals surface area contributed by atoms with Crippen LogP contribution in [0.5, 0.6) is 0 Å². The van der Waals surface area contributed by atoms with E-state index in [1.165, 1.54) is 18.4 Å². The molecule has 2 aliphatic rings. The predicted octanol–water partition coefficient (Wildman–Crippen LogP) is 2.98. The third kappa shape index (κ3) is 5.18. The Bertz CT molecular complexity index is 741. The van der Waals surface area contributed by atoms with Gasteiger partial charge in [0.25, 0.3) is 5.91 Å². The SMILES string of the molecule is O=C(COC(=O)c1ccccc1N1CCCC1=O)NCCC1=CCCCC1. The number of amides is 2. The summed E-state index contributed by atoms with van der Waals surface area (Å²) < 4.78 is 5.16. The molecule has 0 bridgehead atoms. The number of carbonyl (C=O) groups excluding carboxylic acids is 3. The molecule has 0 unspecified atom stereocenters. The van der Waals surface area contributed by atoms with Gasteiger partial charge in [-0.2, -0.15) is 0 Å². The second-order valence-electron chi connectivity index (χ2n) is 6.95. The number of hydrogen-bond donors (Lipinski definition) is 1. The molecule has 2 amide bonds. The minimum absolute atomic E-state index is 0.00464. The smallest absolute Gasteiger partial charge is 0.340 e. The molecule has 0 radical (unpaired) electrons. The first-order valence-electron chi connectivity index (χ1n) is 9.66. The maximum atomic E-state index is 12.4. The zero-order valence-electron chi connectivity index (χ0n) is 15.5. The fraction of sp³-hybridized carbons (Fsp3) is 0.476. The van der Waals surface area contributed by atoms with Gasteiger partial charge in [0.1, 0.15) is 0 Å². The summed E-state index contributed by atoms with van der Waals surface area (Å²) in [5.41, 5.74) is 2.25. The average molecular weight is 370 g/mol. The first kappa shape index (κ1) is 19.1. The Kier molecular flexibility index (Phi) is 6.63. The van der Waals surface area contributed by atoms with Crippen molar-refractivity contribution in [3.8, 4) is 0 Å². The van der Waals surface area contributed by atoms with Crippen molar-refractivity contribution in [2.75, 3.05) is 24.6 Å². The molecule has 1 aliphatic heterocycles. The number of rotatable bonds is 7. The molecule has 6 heteroatoms. The van der Waals surface area contributed by atoms with Gasteiger partial charge in [0.05, 0.1) is 11.3 Å². The van der Waals surface area contributed by atoms with Gasteiger partial charge in [0, 0.05) is 19.5 Å². The molecule has 1 heterocycles. The first-order chi connectivity index (χ1) is 13.1. The van der Waals surface area contributed by atoms with Crippen LogP contribution in [0.1, 0.15) is 55.3 Å². The minimum atomic E-state index is -0.588. The molecule has 27 heavy (non-hydrogen) atoms. The summed E-state index contributed by atoms with van der Waals surface area (Å²) in [4.78, 5) is 37.9. The van der Waals surface area contributed by atoms with Crippen LogP contribution in [-0.2, 0) is 14.3 Å². The summed E-state index contributed by atoms with van der Waals surface area (Å²) in [7, 11) is 0. The van der Waals surface area contributed by atoms with Crippen molar-refractivity contribution in [1.29, 1.82) is 0 Å². The highest BCUT2D eigenvalue weighted by Gasteiger charge is 2.26. The molecule has 1 aromatic rings. The molecule has 1 fully saturated rings. The zero-order valence-corrected chi connectivity index (χ0v) is 15.5. The van der Waals surface area contributed by atoms with E-state index in [0.717, 1.165) is 25.7 Å². The lowest BCUT2D eigenvalue weighted by molar-refractivity contribution is -0.124. The molecule has 0 aromatic heterocycles. The van der Waals surface area contributed by atoms with E-state index >= 15 is 0 Å². The molecule has 6 nitrogen and oxygen atoms in total. The molecule has 1 N–H and O–H groups in total. The van der Waals surface area contributed by atoms with Crippen LogP contribution < -0.4 is 10.2 Å². The van der Waals surface area contributed by atoms with E-state index in [1.807, 2.05) is 0 Å². The van der Waals surface area contributed by atoms with Crippen LogP contribution in [0.15, 0.2) is 35.9 Å². The summed E-state index contributed by atoms with van der Waals surface area (Å²) in [5, 5.41) is 2.79. The molecule has 1 saturated heterocycles. The van der Waals surface area contributed by atoms with Crippen LogP contribution in [0, 0.1) is 0 Å². The van der Waals surface area contributed by atoms with Crippen molar-refractivity contribution in [3.05, 3.63) is 41.5 Å². The van der Waals surface area contributed by atoms with Crippen LogP contribution in [0.2, 0.25) is 0 Å². The summed E-state index contributed by atoms with van der Waals surface area (Å²) >= 11 is 0. The second kappa shape index (κ2) is 9.35. The number of ether oxygens (including phenoxy) is 1. The van der Waals surface area contributed by atoms with Crippen LogP contribution in [0.25, 0.3) is 0 Å². The predicted molar refractivity (Wildman–Crippen MR) is 102 cm³/mol. The van der Waals surface area contributed by atoms with Crippen LogP contribution in [-0.4, -0.2) is 37.5 Å². The lowest BCUT2D eigenvalue weighted by Gasteiger charge is -2.18. The number of carbonyl (C=O) groups is 3. The maximum absolute atomic E-state index is 12.4. The lowest BCUT2D eigenvalue weighted by atomic mass is 9.97. The van der Waals surface area contributed by atoms with Crippen molar-refractivity contribution in [1.82, 2.24) is 5.32 Å². The number of para-hydroxylation sites is 1. The van der Waals surface area contributed by atoms with Gasteiger partial charge in [-0.3, -0.25) is 9.59 Å². The quantitative estimate of drug-likeness (QED) is 0.591. The van der Waals surface area contributed by atoms with E-state index < -0.39 is 5.97 Å². The summed E-state index contributed by atoms with van der Waals surface area (Å²) in [6.45, 7) is 0.834. The Hall–Kier alpha value is -2.63. The number of allylic oxidation sites excluding steroid dienone is 1. The van der Waals surface area contributed by atoms with Crippen molar-refractivity contribution in [2.24, 2.45) is 0 Å². The monoisotopic (exact) mass is 370 g/mol. The molecular formula is C21H26N2O4. The minimum Gasteiger partial charge on any atom is -0.452 e. The van der Waals surface area contributed by atoms with Gasteiger partial charge < -0.3 is 15.0 Å². The van der Waals surface area contributed by atoms with Crippen molar-refractivity contribution >= 4 is 23.5 Å². The second-order valence-corrected chi connectivity index (χ2v) is 6.95. The van der Waals surface area contributed by atoms with Gasteiger partial charge in [-0.15, -0.1) is 0 Å². The third-order valence-electron chi connectivity index (χ3n) is 4.98. The highest BCUT2D eigenvalue weighted by atomic mass is 16.5. The van der Waals surface area contributed by atoms with Gasteiger partial charge in [0.15, 0.2) is 6.61 Å². The lowest BCUT2D eigenvalue weighted by Crippen LogP contribution is -2.30. The first-order valence-corrected chi connectivity index (χ1v) is 9.66. The van der Waals surface area contributed by atoms with E-state index in [9.17, 15) is 14.4 Å². The number of benzene rings is 1. The van der Waals surface area contributed by atoms with Gasteiger partial charge in [0.2, 0.25) is 5.91 Å². The van der Waals surface area contributed by atoms with Crippen LogP contribution in [0.4, 0.5) is 5.69 Å². The Balaban J connectivity index is 1.48. The highest BCUT2D eigenvalue weighted by Crippen LogP contribution is 2.26. The fourth-order valence-electron chi connectivity index (χ4n) is 3.54. The average Bonchev–Trinajstić information content (AvgIpc) is 3.12. The topological polar surface area (TPSA) is 75.7 Å². The molecule has 3 rings (SSSR count). The molecule has 144 valence electrons. The summed E-state index contributed by atoms with van der Waals surface area (Å²) in [5.74, 6) is -0.894. The molecule has 0 atom stereocenters. The highest BCUT2D eigenvalue weighted by molar-refractivity contribution is 6.03. The van der Waals surface area contributed by atoms with Crippen molar-refractivity contribution in [3.63, 3.8) is 0 Å². The molecular weight excluding hydrogens is 344 g/mol. The largest absolute Gasteiger partial charge is 0.452 e. The number of esters is 1. The van der Waals surface area contributed by atoms with E-state index in [-0.39, 0.29) is 18.4 Å². The zero-order chi connectivity index (χ0) is 19.1. The molecule has 0 saturated carbocycles. The Labute approximate surface area is 159 Å². The van der Waals surface area contributed by atoms with Gasteiger partial charge >= 0.3 is 5.97 Å². The van der Waals surface area contributed by atoms with E-state index in [4.69, 9.17) is 4.74 Å². The molecule has 0 spiro atoms. The van der Waals surface area contributed by atoms with Crippen LogP contribution in [0.3, 0.4) is 0 Å². The standard InChI is InChI=1S/C21H26N2O4/c24-19(22-13-12-16-7-2-1-3-8-16)15-27-21(26)17-9-4-5-10-18(17)23-14-6-11-20(23)25/h4-5,7,9-10H,1-3,6,8,11-15H2,(H,22,24). The normalized spacial score (nSPS) is 16.8. The summed E-state index contributed by atoms with van der Waals surface area (Å²) in [6, 6.07) is 6.86. The molecule has 1 aliphatic carbocycles. The number of nitrogens with one attached hydrogen (secondary N) is 1. The number of hydrogen-bond acceptors (Lipinski definition) is 4. The Morgan fingerprint density at radius 3 is 2.70 bits per heavy atom. The van der Waals surface area contributed by atoms with Crippen molar-refractivity contribution in [2.45, 2.75) is 44.9 Å². The van der Waals surface area contributed by atoms with Crippen LogP contribution >= 0.6 is 0 Å². The Morgan fingerprint density at radius 2 is 1.96 bits per heavy atom. The summed E-state index contributed by atoms with van der Waals surface area (Å²) in [6.07, 6.45) is 9.07. The number of anilines is 1. The fourth-order valence-corrected chi connectivity index (χ4v) is 3.54. The van der Waals surface area contributed by atoms with E-state index in [1.54, 1.807) is 29.2 Å². The van der Waals surface area contributed by atoms with Crippen molar-refractivity contribution < 1.29 is 19.1 Å². The van der Waals surface area contributed by atoms with E-state index in [2.05, 4.69) is 11.4 Å². The number of nitrogens with zero attached hydrogens (tertiary/aromatic N) is 1. The van der Waals surface area contributed by atoms with Gasteiger partial charge in [-0.25, -0.2) is 4.79 Å². The Morgan fingerprint density at radius 1 is 1.11 bits per heavy atom.